The average molecular weight is 399 g/mol. The number of carbonyl (C=O) groups excluding carboxylic acids is 1. The van der Waals surface area contributed by atoms with Crippen LogP contribution in [-0.4, -0.2) is 26.5 Å². The van der Waals surface area contributed by atoms with Gasteiger partial charge in [0.2, 0.25) is 0 Å². The number of anilines is 1. The van der Waals surface area contributed by atoms with Crippen molar-refractivity contribution < 1.29 is 14.3 Å². The van der Waals surface area contributed by atoms with Gasteiger partial charge in [-0.05, 0) is 59.0 Å². The van der Waals surface area contributed by atoms with Gasteiger partial charge in [0.25, 0.3) is 0 Å². The molecule has 5 rings (SSSR count). The maximum atomic E-state index is 12.8. The van der Waals surface area contributed by atoms with Gasteiger partial charge in [-0.2, -0.15) is 0 Å². The molecule has 4 nitrogen and oxygen atoms in total. The zero-order chi connectivity index (χ0) is 20.7. The number of carbonyl (C=O) groups is 1. The molecule has 1 aliphatic heterocycles. The highest BCUT2D eigenvalue weighted by Crippen LogP contribution is 2.44. The lowest BCUT2D eigenvalue weighted by Gasteiger charge is -2.40. The van der Waals surface area contributed by atoms with Gasteiger partial charge >= 0.3 is 0 Å². The summed E-state index contributed by atoms with van der Waals surface area (Å²) in [6.07, 6.45) is 4.42. The van der Waals surface area contributed by atoms with Crippen LogP contribution in [0.3, 0.4) is 0 Å². The van der Waals surface area contributed by atoms with Gasteiger partial charge in [0.05, 0.1) is 20.3 Å². The fourth-order valence-corrected chi connectivity index (χ4v) is 4.80. The maximum Gasteiger partial charge on any atom is 0.161 e. The molecule has 0 N–H and O–H groups in total. The van der Waals surface area contributed by atoms with Gasteiger partial charge in [0.15, 0.2) is 17.3 Å². The van der Waals surface area contributed by atoms with Crippen molar-refractivity contribution in [3.05, 3.63) is 77.4 Å². The van der Waals surface area contributed by atoms with Crippen LogP contribution in [0.2, 0.25) is 0 Å². The quantitative estimate of drug-likeness (QED) is 0.601. The van der Waals surface area contributed by atoms with Crippen molar-refractivity contribution in [1.82, 2.24) is 0 Å². The Bertz CT molecular complexity index is 1160. The fraction of sp³-hybridized carbons (Fsp3) is 0.269. The molecule has 0 bridgehead atoms. The van der Waals surface area contributed by atoms with Crippen LogP contribution in [0.4, 0.5) is 5.69 Å². The van der Waals surface area contributed by atoms with Gasteiger partial charge in [0, 0.05) is 24.2 Å². The molecule has 0 aromatic heterocycles. The Morgan fingerprint density at radius 3 is 2.40 bits per heavy atom. The van der Waals surface area contributed by atoms with Gasteiger partial charge < -0.3 is 14.4 Å². The summed E-state index contributed by atoms with van der Waals surface area (Å²) in [6, 6.07) is 19.0. The van der Waals surface area contributed by atoms with E-state index in [1.54, 1.807) is 14.2 Å². The summed E-state index contributed by atoms with van der Waals surface area (Å²) in [4.78, 5) is 15.2. The molecule has 0 saturated heterocycles. The topological polar surface area (TPSA) is 38.8 Å². The number of ether oxygens (including phenoxy) is 2. The van der Waals surface area contributed by atoms with Crippen molar-refractivity contribution in [2.45, 2.75) is 25.3 Å². The second-order valence-electron chi connectivity index (χ2n) is 7.90. The second kappa shape index (κ2) is 7.52. The number of Topliss-reactive ketones (excluding diaryl/α,β-unsaturated/α-hetero) is 1. The van der Waals surface area contributed by atoms with Crippen molar-refractivity contribution in [3.63, 3.8) is 0 Å². The monoisotopic (exact) mass is 399 g/mol. The molecule has 1 atom stereocenters. The SMILES string of the molecule is COc1cc2c(cc1OC)[C@@H](C1=CCCC1=O)N(c1ccc3ccccc3c1)CC2. The minimum atomic E-state index is -0.107. The number of hydrogen-bond acceptors (Lipinski definition) is 4. The van der Waals surface area contributed by atoms with E-state index < -0.39 is 0 Å². The van der Waals surface area contributed by atoms with Crippen LogP contribution in [0.25, 0.3) is 10.8 Å². The molecule has 1 aliphatic carbocycles. The molecule has 2 aliphatic rings. The Morgan fingerprint density at radius 2 is 1.67 bits per heavy atom. The van der Waals surface area contributed by atoms with E-state index in [0.717, 1.165) is 42.0 Å². The van der Waals surface area contributed by atoms with Crippen molar-refractivity contribution in [3.8, 4) is 11.5 Å². The number of benzene rings is 3. The first-order chi connectivity index (χ1) is 14.7. The molecule has 4 heteroatoms. The summed E-state index contributed by atoms with van der Waals surface area (Å²) in [5, 5.41) is 2.43. The van der Waals surface area contributed by atoms with Crippen molar-refractivity contribution in [2.75, 3.05) is 25.7 Å². The lowest BCUT2D eigenvalue weighted by molar-refractivity contribution is -0.115. The largest absolute Gasteiger partial charge is 0.493 e. The van der Waals surface area contributed by atoms with Crippen LogP contribution >= 0.6 is 0 Å². The van der Waals surface area contributed by atoms with Crippen LogP contribution < -0.4 is 14.4 Å². The van der Waals surface area contributed by atoms with Crippen LogP contribution in [-0.2, 0) is 11.2 Å². The highest BCUT2D eigenvalue weighted by molar-refractivity contribution is 6.00. The number of hydrogen-bond donors (Lipinski definition) is 0. The molecule has 3 aromatic carbocycles. The van der Waals surface area contributed by atoms with Gasteiger partial charge in [0.1, 0.15) is 0 Å². The van der Waals surface area contributed by atoms with Crippen molar-refractivity contribution in [2.24, 2.45) is 0 Å². The number of methoxy groups -OCH3 is 2. The third kappa shape index (κ3) is 3.04. The van der Waals surface area contributed by atoms with Crippen LogP contribution in [0.1, 0.15) is 30.0 Å². The Balaban J connectivity index is 1.67. The summed E-state index contributed by atoms with van der Waals surface area (Å²) in [5.41, 5.74) is 4.39. The molecule has 1 heterocycles. The van der Waals surface area contributed by atoms with E-state index in [1.165, 1.54) is 16.3 Å². The number of ketones is 1. The number of fused-ring (bicyclic) bond motifs is 2. The van der Waals surface area contributed by atoms with Crippen molar-refractivity contribution >= 4 is 22.2 Å². The number of nitrogens with zero attached hydrogens (tertiary/aromatic N) is 1. The van der Waals surface area contributed by atoms with E-state index in [2.05, 4.69) is 65.6 Å². The number of rotatable bonds is 4. The highest BCUT2D eigenvalue weighted by Gasteiger charge is 2.35. The molecular weight excluding hydrogens is 374 g/mol. The summed E-state index contributed by atoms with van der Waals surface area (Å²) in [6.45, 7) is 0.843. The summed E-state index contributed by atoms with van der Waals surface area (Å²) >= 11 is 0. The van der Waals surface area contributed by atoms with Crippen molar-refractivity contribution in [1.29, 1.82) is 0 Å². The molecule has 0 radical (unpaired) electrons. The van der Waals surface area contributed by atoms with Gasteiger partial charge in [-0.15, -0.1) is 0 Å². The molecule has 30 heavy (non-hydrogen) atoms. The lowest BCUT2D eigenvalue weighted by Crippen LogP contribution is -2.37. The molecule has 0 spiro atoms. The minimum absolute atomic E-state index is 0.107. The first-order valence-corrected chi connectivity index (χ1v) is 10.4. The zero-order valence-corrected chi connectivity index (χ0v) is 17.4. The summed E-state index contributed by atoms with van der Waals surface area (Å²) < 4.78 is 11.1. The van der Waals surface area contributed by atoms with E-state index in [9.17, 15) is 4.79 Å². The average Bonchev–Trinajstić information content (AvgIpc) is 3.22. The molecule has 3 aromatic rings. The lowest BCUT2D eigenvalue weighted by atomic mass is 9.86. The predicted octanol–water partition coefficient (Wildman–Crippen LogP) is 5.25. The van der Waals surface area contributed by atoms with Gasteiger partial charge in [-0.1, -0.05) is 36.4 Å². The van der Waals surface area contributed by atoms with Gasteiger partial charge in [-0.25, -0.2) is 0 Å². The molecule has 0 fully saturated rings. The first-order valence-electron chi connectivity index (χ1n) is 10.4. The molecule has 0 amide bonds. The fourth-order valence-electron chi connectivity index (χ4n) is 4.80. The third-order valence-electron chi connectivity index (χ3n) is 6.29. The summed E-state index contributed by atoms with van der Waals surface area (Å²) in [5.74, 6) is 1.68. The van der Waals surface area contributed by atoms with Crippen LogP contribution in [0, 0.1) is 0 Å². The zero-order valence-electron chi connectivity index (χ0n) is 17.4. The smallest absolute Gasteiger partial charge is 0.161 e. The Labute approximate surface area is 176 Å². The van der Waals surface area contributed by atoms with Crippen LogP contribution in [0.15, 0.2) is 66.2 Å². The van der Waals surface area contributed by atoms with E-state index >= 15 is 0 Å². The minimum Gasteiger partial charge on any atom is -0.493 e. The van der Waals surface area contributed by atoms with E-state index in [1.807, 2.05) is 0 Å². The third-order valence-corrected chi connectivity index (χ3v) is 6.29. The standard InChI is InChI=1S/C26H25NO3/c1-29-24-15-19-12-13-27(20-11-10-17-6-3-4-7-18(17)14-20)26(21-8-5-9-23(21)28)22(19)16-25(24)30-2/h3-4,6-8,10-11,14-16,26H,5,9,12-13H2,1-2H3/t26-/m1/s1. The summed E-state index contributed by atoms with van der Waals surface area (Å²) in [7, 11) is 3.32. The normalized spacial score (nSPS) is 18.3. The first kappa shape index (κ1) is 18.7. The highest BCUT2D eigenvalue weighted by atomic mass is 16.5. The maximum absolute atomic E-state index is 12.8. The predicted molar refractivity (Wildman–Crippen MR) is 120 cm³/mol. The Hall–Kier alpha value is -3.27. The van der Waals surface area contributed by atoms with E-state index in [-0.39, 0.29) is 11.8 Å². The molecule has 152 valence electrons. The van der Waals surface area contributed by atoms with E-state index in [4.69, 9.17) is 9.47 Å². The Kier molecular flexibility index (Phi) is 4.70. The Morgan fingerprint density at radius 1 is 0.900 bits per heavy atom. The molecule has 0 saturated carbocycles. The second-order valence-corrected chi connectivity index (χ2v) is 7.90. The molecular formula is C26H25NO3. The van der Waals surface area contributed by atoms with E-state index in [0.29, 0.717) is 12.2 Å². The number of allylic oxidation sites excluding steroid dienone is 1. The van der Waals surface area contributed by atoms with Gasteiger partial charge in [-0.3, -0.25) is 4.79 Å². The molecule has 0 unspecified atom stereocenters. The van der Waals surface area contributed by atoms with Crippen LogP contribution in [0.5, 0.6) is 11.5 Å².